The second kappa shape index (κ2) is 7.84. The van der Waals surface area contributed by atoms with Crippen LogP contribution in [0.4, 0.5) is 0 Å². The van der Waals surface area contributed by atoms with E-state index < -0.39 is 18.1 Å². The maximum Gasteiger partial charge on any atom is 0.285 e. The average Bonchev–Trinajstić information content (AvgIpc) is 2.75. The minimum Gasteiger partial charge on any atom is -0.508 e. The molecular formula is C22H18N2O4. The Labute approximate surface area is 162 Å². The predicted octanol–water partition coefficient (Wildman–Crippen LogP) is 3.42. The largest absolute Gasteiger partial charge is 0.508 e. The number of hydrogen-bond donors (Lipinski definition) is 2. The highest BCUT2D eigenvalue weighted by Crippen LogP contribution is 2.39. The molecule has 6 nitrogen and oxygen atoms in total. The summed E-state index contributed by atoms with van der Waals surface area (Å²) in [7, 11) is 0. The van der Waals surface area contributed by atoms with Crippen molar-refractivity contribution in [2.45, 2.75) is 12.2 Å². The zero-order valence-electron chi connectivity index (χ0n) is 14.9. The summed E-state index contributed by atoms with van der Waals surface area (Å²) in [4.78, 5) is 12.8. The fraction of sp³-hybridized carbons (Fsp3) is 0.0909. The maximum absolute atomic E-state index is 12.8. The van der Waals surface area contributed by atoms with Crippen molar-refractivity contribution in [1.82, 2.24) is 5.43 Å². The Kier molecular flexibility index (Phi) is 4.93. The zero-order valence-corrected chi connectivity index (χ0v) is 14.9. The van der Waals surface area contributed by atoms with Gasteiger partial charge < -0.3 is 14.6 Å². The van der Waals surface area contributed by atoms with E-state index in [0.29, 0.717) is 11.5 Å². The SMILES string of the molecule is O=C(N/N=C/c1ccc(O)cc1)C1Oc2ccccc2OC1c1ccccc1. The minimum atomic E-state index is -0.894. The third-order valence-corrected chi connectivity index (χ3v) is 4.30. The molecular weight excluding hydrogens is 356 g/mol. The average molecular weight is 374 g/mol. The number of amides is 1. The number of rotatable bonds is 4. The Morgan fingerprint density at radius 2 is 1.54 bits per heavy atom. The summed E-state index contributed by atoms with van der Waals surface area (Å²) in [6.45, 7) is 0. The first-order valence-electron chi connectivity index (χ1n) is 8.80. The van der Waals surface area contributed by atoms with Crippen LogP contribution in [0.2, 0.25) is 0 Å². The van der Waals surface area contributed by atoms with Crippen molar-refractivity contribution in [3.63, 3.8) is 0 Å². The van der Waals surface area contributed by atoms with E-state index in [1.807, 2.05) is 48.5 Å². The topological polar surface area (TPSA) is 80.2 Å². The van der Waals surface area contributed by atoms with E-state index in [1.165, 1.54) is 6.21 Å². The van der Waals surface area contributed by atoms with Crippen LogP contribution in [-0.4, -0.2) is 23.3 Å². The number of hydrogen-bond acceptors (Lipinski definition) is 5. The molecule has 1 aliphatic rings. The molecule has 4 rings (SSSR count). The molecule has 0 bridgehead atoms. The third-order valence-electron chi connectivity index (χ3n) is 4.30. The second-order valence-electron chi connectivity index (χ2n) is 6.26. The van der Waals surface area contributed by atoms with Crippen LogP contribution in [0.5, 0.6) is 17.2 Å². The number of aromatic hydroxyl groups is 1. The van der Waals surface area contributed by atoms with Crippen molar-refractivity contribution < 1.29 is 19.4 Å². The summed E-state index contributed by atoms with van der Waals surface area (Å²) < 4.78 is 12.0. The van der Waals surface area contributed by atoms with Crippen LogP contribution in [0.1, 0.15) is 17.2 Å². The fourth-order valence-corrected chi connectivity index (χ4v) is 2.91. The lowest BCUT2D eigenvalue weighted by Gasteiger charge is -2.32. The van der Waals surface area contributed by atoms with Crippen molar-refractivity contribution in [3.05, 3.63) is 90.0 Å². The molecule has 0 aliphatic carbocycles. The van der Waals surface area contributed by atoms with Crippen LogP contribution in [0.3, 0.4) is 0 Å². The van der Waals surface area contributed by atoms with Gasteiger partial charge in [0.25, 0.3) is 5.91 Å². The molecule has 2 atom stereocenters. The van der Waals surface area contributed by atoms with Crippen molar-refractivity contribution in [1.29, 1.82) is 0 Å². The molecule has 1 amide bonds. The molecule has 1 heterocycles. The van der Waals surface area contributed by atoms with Gasteiger partial charge >= 0.3 is 0 Å². The highest BCUT2D eigenvalue weighted by Gasteiger charge is 2.38. The first-order valence-corrected chi connectivity index (χ1v) is 8.80. The highest BCUT2D eigenvalue weighted by molar-refractivity contribution is 5.85. The van der Waals surface area contributed by atoms with E-state index in [-0.39, 0.29) is 5.75 Å². The van der Waals surface area contributed by atoms with Crippen LogP contribution >= 0.6 is 0 Å². The quantitative estimate of drug-likeness (QED) is 0.542. The molecule has 3 aromatic rings. The predicted molar refractivity (Wildman–Crippen MR) is 105 cm³/mol. The van der Waals surface area contributed by atoms with Gasteiger partial charge in [-0.15, -0.1) is 0 Å². The van der Waals surface area contributed by atoms with Gasteiger partial charge in [0.05, 0.1) is 6.21 Å². The van der Waals surface area contributed by atoms with E-state index in [1.54, 1.807) is 30.3 Å². The van der Waals surface area contributed by atoms with E-state index in [9.17, 15) is 9.90 Å². The molecule has 3 aromatic carbocycles. The van der Waals surface area contributed by atoms with E-state index in [2.05, 4.69) is 10.5 Å². The molecule has 2 unspecified atom stereocenters. The summed E-state index contributed by atoms with van der Waals surface area (Å²) in [6, 6.07) is 23.2. The summed E-state index contributed by atoms with van der Waals surface area (Å²) in [6.07, 6.45) is 0.00111. The van der Waals surface area contributed by atoms with Crippen LogP contribution in [0.25, 0.3) is 0 Å². The lowest BCUT2D eigenvalue weighted by Crippen LogP contribution is -2.44. The molecule has 0 aromatic heterocycles. The normalized spacial score (nSPS) is 18.0. The molecule has 0 spiro atoms. The Bertz CT molecular complexity index is 987. The number of carbonyl (C=O) groups is 1. The van der Waals surface area contributed by atoms with E-state index in [4.69, 9.17) is 9.47 Å². The summed E-state index contributed by atoms with van der Waals surface area (Å²) in [5, 5.41) is 13.3. The number of phenolic OH excluding ortho intramolecular Hbond substituents is 1. The molecule has 0 saturated heterocycles. The first kappa shape index (κ1) is 17.6. The maximum atomic E-state index is 12.8. The van der Waals surface area contributed by atoms with Crippen LogP contribution in [0.15, 0.2) is 84.0 Å². The number of benzene rings is 3. The Morgan fingerprint density at radius 3 is 2.25 bits per heavy atom. The monoisotopic (exact) mass is 374 g/mol. The number of phenols is 1. The number of nitrogens with zero attached hydrogens (tertiary/aromatic N) is 1. The van der Waals surface area contributed by atoms with Gasteiger partial charge in [-0.1, -0.05) is 42.5 Å². The van der Waals surface area contributed by atoms with Gasteiger partial charge in [-0.2, -0.15) is 5.10 Å². The van der Waals surface area contributed by atoms with Crippen LogP contribution in [0, 0.1) is 0 Å². The minimum absolute atomic E-state index is 0.165. The Balaban J connectivity index is 1.54. The Hall–Kier alpha value is -3.80. The fourth-order valence-electron chi connectivity index (χ4n) is 2.91. The standard InChI is InChI=1S/C22H18N2O4/c25-17-12-10-15(11-13-17)14-23-24-22(26)21-20(16-6-2-1-3-7-16)27-18-8-4-5-9-19(18)28-21/h1-14,20-21,25H,(H,24,26)/b23-14+. The van der Waals surface area contributed by atoms with Gasteiger partial charge in [-0.3, -0.25) is 4.79 Å². The molecule has 6 heteroatoms. The zero-order chi connectivity index (χ0) is 19.3. The number of carbonyl (C=O) groups excluding carboxylic acids is 1. The van der Waals surface area contributed by atoms with Crippen molar-refractivity contribution in [3.8, 4) is 17.2 Å². The van der Waals surface area contributed by atoms with Crippen molar-refractivity contribution >= 4 is 12.1 Å². The van der Waals surface area contributed by atoms with Crippen LogP contribution in [-0.2, 0) is 4.79 Å². The van der Waals surface area contributed by atoms with Gasteiger partial charge in [0.2, 0.25) is 6.10 Å². The van der Waals surface area contributed by atoms with Gasteiger partial charge in [-0.25, -0.2) is 5.43 Å². The number of fused-ring (bicyclic) bond motifs is 1. The molecule has 0 saturated carbocycles. The van der Waals surface area contributed by atoms with E-state index in [0.717, 1.165) is 11.1 Å². The molecule has 0 radical (unpaired) electrons. The van der Waals surface area contributed by atoms with Gasteiger partial charge in [0.1, 0.15) is 5.75 Å². The lowest BCUT2D eigenvalue weighted by molar-refractivity contribution is -0.134. The lowest BCUT2D eigenvalue weighted by atomic mass is 10.0. The second-order valence-corrected chi connectivity index (χ2v) is 6.26. The molecule has 1 aliphatic heterocycles. The number of ether oxygens (including phenoxy) is 2. The van der Waals surface area contributed by atoms with Crippen LogP contribution < -0.4 is 14.9 Å². The smallest absolute Gasteiger partial charge is 0.285 e. The highest BCUT2D eigenvalue weighted by atomic mass is 16.6. The van der Waals surface area contributed by atoms with E-state index >= 15 is 0 Å². The van der Waals surface area contributed by atoms with Gasteiger partial charge in [0, 0.05) is 0 Å². The Morgan fingerprint density at radius 1 is 0.893 bits per heavy atom. The first-order chi connectivity index (χ1) is 13.7. The molecule has 28 heavy (non-hydrogen) atoms. The van der Waals surface area contributed by atoms with Gasteiger partial charge in [0.15, 0.2) is 17.6 Å². The molecule has 2 N–H and O–H groups in total. The number of para-hydroxylation sites is 2. The molecule has 0 fully saturated rings. The summed E-state index contributed by atoms with van der Waals surface area (Å²) in [5.74, 6) is 0.849. The third kappa shape index (κ3) is 3.81. The number of hydrazone groups is 1. The number of nitrogens with one attached hydrogen (secondary N) is 1. The van der Waals surface area contributed by atoms with Gasteiger partial charge in [-0.05, 0) is 47.5 Å². The summed E-state index contributed by atoms with van der Waals surface area (Å²) in [5.41, 5.74) is 4.08. The summed E-state index contributed by atoms with van der Waals surface area (Å²) >= 11 is 0. The van der Waals surface area contributed by atoms with Crippen molar-refractivity contribution in [2.75, 3.05) is 0 Å². The molecule has 140 valence electrons. The van der Waals surface area contributed by atoms with Crippen molar-refractivity contribution in [2.24, 2.45) is 5.10 Å².